The summed E-state index contributed by atoms with van der Waals surface area (Å²) in [6.07, 6.45) is 4.65. The molecule has 0 aromatic heterocycles. The second-order valence-electron chi connectivity index (χ2n) is 2.28. The number of carbonyl (C=O) groups excluding carboxylic acids is 1. The van der Waals surface area contributed by atoms with E-state index in [2.05, 4.69) is 4.99 Å². The van der Waals surface area contributed by atoms with Gasteiger partial charge >= 0.3 is 0 Å². The lowest BCUT2D eigenvalue weighted by Crippen LogP contribution is -2.01. The summed E-state index contributed by atoms with van der Waals surface area (Å²) < 4.78 is 0. The van der Waals surface area contributed by atoms with Crippen LogP contribution in [0.15, 0.2) is 17.3 Å². The minimum atomic E-state index is 0.0725. The highest BCUT2D eigenvalue weighted by Gasteiger charge is 1.99. The van der Waals surface area contributed by atoms with Gasteiger partial charge < -0.3 is 0 Å². The maximum Gasteiger partial charge on any atom is 0.159 e. The molecule has 0 unspecified atom stereocenters. The zero-order valence-corrected chi connectivity index (χ0v) is 6.66. The Hall–Kier alpha value is -0.920. The molecule has 0 heterocycles. The van der Waals surface area contributed by atoms with Gasteiger partial charge in [0.1, 0.15) is 0 Å². The lowest BCUT2D eigenvalue weighted by molar-refractivity contribution is -0.117. The molecule has 0 bridgehead atoms. The number of allylic oxidation sites excluding steroid dienone is 1. The van der Waals surface area contributed by atoms with Gasteiger partial charge in [0.25, 0.3) is 0 Å². The third-order valence-corrected chi connectivity index (χ3v) is 1.04. The van der Waals surface area contributed by atoms with Crippen molar-refractivity contribution in [1.29, 1.82) is 0 Å². The smallest absolute Gasteiger partial charge is 0.159 e. The summed E-state index contributed by atoms with van der Waals surface area (Å²) in [4.78, 5) is 14.6. The summed E-state index contributed by atoms with van der Waals surface area (Å²) in [6.45, 7) is 5.54. The van der Waals surface area contributed by atoms with E-state index in [1.807, 2.05) is 20.8 Å². The second-order valence-corrected chi connectivity index (χ2v) is 2.28. The Morgan fingerprint density at radius 3 is 2.50 bits per heavy atom. The lowest BCUT2D eigenvalue weighted by atomic mass is 10.1. The topological polar surface area (TPSA) is 29.4 Å². The van der Waals surface area contributed by atoms with E-state index >= 15 is 0 Å². The Morgan fingerprint density at radius 1 is 1.50 bits per heavy atom. The molecule has 0 fully saturated rings. The maximum absolute atomic E-state index is 10.9. The van der Waals surface area contributed by atoms with Gasteiger partial charge in [-0.25, -0.2) is 0 Å². The van der Waals surface area contributed by atoms with Crippen molar-refractivity contribution in [2.45, 2.75) is 20.8 Å². The van der Waals surface area contributed by atoms with Gasteiger partial charge in [-0.15, -0.1) is 0 Å². The predicted molar refractivity (Wildman–Crippen MR) is 43.2 cm³/mol. The Bertz CT molecular complexity index is 157. The number of hydrogen-bond acceptors (Lipinski definition) is 2. The van der Waals surface area contributed by atoms with Crippen LogP contribution in [0, 0.1) is 5.92 Å². The average Bonchev–Trinajstić information content (AvgIpc) is 1.88. The highest BCUT2D eigenvalue weighted by molar-refractivity contribution is 5.91. The predicted octanol–water partition coefficient (Wildman–Crippen LogP) is 1.82. The van der Waals surface area contributed by atoms with Crippen molar-refractivity contribution < 1.29 is 4.79 Å². The van der Waals surface area contributed by atoms with Gasteiger partial charge in [-0.1, -0.05) is 13.8 Å². The van der Waals surface area contributed by atoms with Crippen molar-refractivity contribution in [2.24, 2.45) is 10.9 Å². The van der Waals surface area contributed by atoms with Crippen LogP contribution in [0.4, 0.5) is 0 Å². The van der Waals surface area contributed by atoms with Crippen molar-refractivity contribution in [2.75, 3.05) is 0 Å². The Kier molecular flexibility index (Phi) is 4.46. The Morgan fingerprint density at radius 2 is 2.10 bits per heavy atom. The molecule has 0 N–H and O–H groups in total. The molecule has 0 saturated heterocycles. The van der Waals surface area contributed by atoms with Crippen LogP contribution in [-0.2, 0) is 4.79 Å². The summed E-state index contributed by atoms with van der Waals surface area (Å²) in [6, 6.07) is 0. The molecule has 0 aromatic carbocycles. The summed E-state index contributed by atoms with van der Waals surface area (Å²) in [5.41, 5.74) is 0. The number of nitrogens with zero attached hydrogens (tertiary/aromatic N) is 1. The fraction of sp³-hybridized carbons (Fsp3) is 0.500. The van der Waals surface area contributed by atoms with Crippen LogP contribution in [0.3, 0.4) is 0 Å². The summed E-state index contributed by atoms with van der Waals surface area (Å²) in [5.74, 6) is 0.189. The van der Waals surface area contributed by atoms with Gasteiger partial charge in [-0.3, -0.25) is 9.79 Å². The van der Waals surface area contributed by atoms with Crippen LogP contribution in [0.25, 0.3) is 0 Å². The summed E-state index contributed by atoms with van der Waals surface area (Å²) in [5, 5.41) is 0. The normalized spacial score (nSPS) is 12.0. The van der Waals surface area contributed by atoms with Crippen LogP contribution in [0.2, 0.25) is 0 Å². The van der Waals surface area contributed by atoms with E-state index in [4.69, 9.17) is 0 Å². The van der Waals surface area contributed by atoms with Crippen molar-refractivity contribution in [3.63, 3.8) is 0 Å². The average molecular weight is 139 g/mol. The monoisotopic (exact) mass is 139 g/mol. The van der Waals surface area contributed by atoms with Gasteiger partial charge in [0.15, 0.2) is 5.78 Å². The number of hydrogen-bond donors (Lipinski definition) is 0. The number of rotatable bonds is 3. The standard InChI is InChI=1S/C8H13NO/c1-4-9-6-5-8(10)7(2)3/h4-7H,1-3H3/b6-5+,9-4?. The zero-order chi connectivity index (χ0) is 7.98. The van der Waals surface area contributed by atoms with Gasteiger partial charge in [-0.2, -0.15) is 0 Å². The molecular formula is C8H13NO. The first-order chi connectivity index (χ1) is 4.68. The van der Waals surface area contributed by atoms with Crippen molar-refractivity contribution in [1.82, 2.24) is 0 Å². The first-order valence-corrected chi connectivity index (χ1v) is 3.36. The molecule has 2 nitrogen and oxygen atoms in total. The largest absolute Gasteiger partial charge is 0.295 e. The highest BCUT2D eigenvalue weighted by Crippen LogP contribution is 1.94. The fourth-order valence-electron chi connectivity index (χ4n) is 0.395. The minimum absolute atomic E-state index is 0.0725. The van der Waals surface area contributed by atoms with E-state index < -0.39 is 0 Å². The molecule has 0 rings (SSSR count). The van der Waals surface area contributed by atoms with E-state index in [9.17, 15) is 4.79 Å². The van der Waals surface area contributed by atoms with E-state index in [1.165, 1.54) is 12.3 Å². The van der Waals surface area contributed by atoms with E-state index in [0.717, 1.165) is 0 Å². The van der Waals surface area contributed by atoms with Crippen LogP contribution < -0.4 is 0 Å². The fourth-order valence-corrected chi connectivity index (χ4v) is 0.395. The number of aliphatic imine (C=N–C) groups is 1. The zero-order valence-electron chi connectivity index (χ0n) is 6.66. The molecule has 0 amide bonds. The molecule has 0 aliphatic heterocycles. The Balaban J connectivity index is 3.78. The molecular weight excluding hydrogens is 126 g/mol. The summed E-state index contributed by atoms with van der Waals surface area (Å²) >= 11 is 0. The Labute approximate surface area is 61.7 Å². The summed E-state index contributed by atoms with van der Waals surface area (Å²) in [7, 11) is 0. The molecule has 56 valence electrons. The molecule has 0 aromatic rings. The molecule has 2 heteroatoms. The molecule has 0 spiro atoms. The molecule has 0 saturated carbocycles. The molecule has 0 atom stereocenters. The van der Waals surface area contributed by atoms with Crippen molar-refractivity contribution in [3.05, 3.63) is 12.3 Å². The maximum atomic E-state index is 10.9. The van der Waals surface area contributed by atoms with Crippen molar-refractivity contribution in [3.8, 4) is 0 Å². The van der Waals surface area contributed by atoms with Crippen LogP contribution in [0.5, 0.6) is 0 Å². The first-order valence-electron chi connectivity index (χ1n) is 3.36. The van der Waals surface area contributed by atoms with E-state index in [0.29, 0.717) is 0 Å². The van der Waals surface area contributed by atoms with Crippen LogP contribution >= 0.6 is 0 Å². The van der Waals surface area contributed by atoms with Crippen LogP contribution in [-0.4, -0.2) is 12.0 Å². The molecule has 10 heavy (non-hydrogen) atoms. The highest BCUT2D eigenvalue weighted by atomic mass is 16.1. The van der Waals surface area contributed by atoms with Gasteiger partial charge in [-0.05, 0) is 13.0 Å². The number of ketones is 1. The van der Waals surface area contributed by atoms with Crippen molar-refractivity contribution >= 4 is 12.0 Å². The third-order valence-electron chi connectivity index (χ3n) is 1.04. The first kappa shape index (κ1) is 9.08. The SMILES string of the molecule is CC=N/C=C/C(=O)C(C)C. The molecule has 0 radical (unpaired) electrons. The van der Waals surface area contributed by atoms with E-state index in [1.54, 1.807) is 6.21 Å². The minimum Gasteiger partial charge on any atom is -0.295 e. The lowest BCUT2D eigenvalue weighted by Gasteiger charge is -1.93. The van der Waals surface area contributed by atoms with Crippen LogP contribution in [0.1, 0.15) is 20.8 Å². The molecule has 0 aliphatic rings. The number of carbonyl (C=O) groups is 1. The van der Waals surface area contributed by atoms with Gasteiger partial charge in [0.2, 0.25) is 0 Å². The third kappa shape index (κ3) is 4.01. The quantitative estimate of drug-likeness (QED) is 0.433. The van der Waals surface area contributed by atoms with Gasteiger partial charge in [0, 0.05) is 18.3 Å². The second kappa shape index (κ2) is 4.91. The van der Waals surface area contributed by atoms with Gasteiger partial charge in [0.05, 0.1) is 0 Å². The molecule has 0 aliphatic carbocycles. The van der Waals surface area contributed by atoms with E-state index in [-0.39, 0.29) is 11.7 Å².